The van der Waals surface area contributed by atoms with Crippen molar-refractivity contribution in [3.05, 3.63) is 47.4 Å². The van der Waals surface area contributed by atoms with Gasteiger partial charge >= 0.3 is 0 Å². The first-order valence-electron chi connectivity index (χ1n) is 6.93. The first-order valence-corrected chi connectivity index (χ1v) is 6.93. The predicted octanol–water partition coefficient (Wildman–Crippen LogP) is 3.49. The maximum Gasteiger partial charge on any atom is 0.144 e. The van der Waals surface area contributed by atoms with Crippen LogP contribution in [0.2, 0.25) is 0 Å². The summed E-state index contributed by atoms with van der Waals surface area (Å²) in [5.74, 6) is 1.68. The minimum absolute atomic E-state index is 0.434. The van der Waals surface area contributed by atoms with Crippen LogP contribution in [-0.4, -0.2) is 16.5 Å². The first-order chi connectivity index (χ1) is 9.67. The zero-order valence-corrected chi connectivity index (χ0v) is 12.3. The summed E-state index contributed by atoms with van der Waals surface area (Å²) in [6.07, 6.45) is 4.57. The minimum Gasteiger partial charge on any atom is -0.487 e. The molecule has 0 unspecified atom stereocenters. The molecule has 0 saturated heterocycles. The topological polar surface area (TPSA) is 47.0 Å². The maximum absolute atomic E-state index is 5.75. The Bertz CT molecular complexity index is 532. The summed E-state index contributed by atoms with van der Waals surface area (Å²) in [5.41, 5.74) is 3.22. The van der Waals surface area contributed by atoms with Crippen molar-refractivity contribution in [3.8, 4) is 5.75 Å². The zero-order chi connectivity index (χ0) is 14.4. The van der Waals surface area contributed by atoms with E-state index in [0.29, 0.717) is 6.61 Å². The fourth-order valence-electron chi connectivity index (χ4n) is 1.95. The van der Waals surface area contributed by atoms with Crippen LogP contribution in [0.3, 0.4) is 0 Å². The quantitative estimate of drug-likeness (QED) is 0.873. The lowest BCUT2D eigenvalue weighted by Gasteiger charge is -2.08. The molecule has 0 atom stereocenters. The zero-order valence-electron chi connectivity index (χ0n) is 12.3. The minimum atomic E-state index is 0.434. The standard InChI is InChI=1S/C16H21N3O/c1-4-5-17-16-10-18-14(9-19-16)11-20-15-7-12(2)6-13(3)8-15/h6-10H,4-5,11H2,1-3H3,(H,17,19). The highest BCUT2D eigenvalue weighted by molar-refractivity contribution is 5.33. The van der Waals surface area contributed by atoms with Crippen molar-refractivity contribution >= 4 is 5.82 Å². The van der Waals surface area contributed by atoms with Gasteiger partial charge in [0.2, 0.25) is 0 Å². The molecule has 0 aliphatic heterocycles. The molecule has 1 aromatic carbocycles. The normalized spacial score (nSPS) is 10.3. The number of anilines is 1. The Balaban J connectivity index is 1.93. The van der Waals surface area contributed by atoms with E-state index in [2.05, 4.69) is 42.1 Å². The molecule has 106 valence electrons. The third kappa shape index (κ3) is 4.23. The van der Waals surface area contributed by atoms with Crippen molar-refractivity contribution < 1.29 is 4.74 Å². The number of hydrogen-bond donors (Lipinski definition) is 1. The molecule has 1 N–H and O–H groups in total. The van der Waals surface area contributed by atoms with Gasteiger partial charge in [0.25, 0.3) is 0 Å². The van der Waals surface area contributed by atoms with E-state index in [1.807, 2.05) is 12.1 Å². The van der Waals surface area contributed by atoms with Gasteiger partial charge in [-0.3, -0.25) is 4.98 Å². The second-order valence-electron chi connectivity index (χ2n) is 4.93. The monoisotopic (exact) mass is 271 g/mol. The van der Waals surface area contributed by atoms with Crippen molar-refractivity contribution in [3.63, 3.8) is 0 Å². The Hall–Kier alpha value is -2.10. The van der Waals surface area contributed by atoms with Gasteiger partial charge in [0.15, 0.2) is 0 Å². The summed E-state index contributed by atoms with van der Waals surface area (Å²) in [6.45, 7) is 7.59. The van der Waals surface area contributed by atoms with E-state index in [-0.39, 0.29) is 0 Å². The number of hydrogen-bond acceptors (Lipinski definition) is 4. The second-order valence-corrected chi connectivity index (χ2v) is 4.93. The molecule has 4 nitrogen and oxygen atoms in total. The van der Waals surface area contributed by atoms with Crippen molar-refractivity contribution in [1.29, 1.82) is 0 Å². The van der Waals surface area contributed by atoms with Gasteiger partial charge in [-0.25, -0.2) is 4.98 Å². The van der Waals surface area contributed by atoms with Gasteiger partial charge in [-0.2, -0.15) is 0 Å². The molecule has 0 amide bonds. The number of benzene rings is 1. The van der Waals surface area contributed by atoms with Crippen molar-refractivity contribution in [1.82, 2.24) is 9.97 Å². The summed E-state index contributed by atoms with van der Waals surface area (Å²) < 4.78 is 5.75. The Labute approximate surface area is 120 Å². The number of nitrogens with zero attached hydrogens (tertiary/aromatic N) is 2. The van der Waals surface area contributed by atoms with Crippen LogP contribution in [0.1, 0.15) is 30.2 Å². The summed E-state index contributed by atoms with van der Waals surface area (Å²) in [7, 11) is 0. The lowest BCUT2D eigenvalue weighted by Crippen LogP contribution is -2.04. The molecule has 2 rings (SSSR count). The molecule has 1 heterocycles. The van der Waals surface area contributed by atoms with Gasteiger partial charge < -0.3 is 10.1 Å². The van der Waals surface area contributed by atoms with Crippen LogP contribution in [0.4, 0.5) is 5.82 Å². The molecule has 0 radical (unpaired) electrons. The molecule has 0 saturated carbocycles. The highest BCUT2D eigenvalue weighted by Crippen LogP contribution is 2.17. The van der Waals surface area contributed by atoms with Gasteiger partial charge in [0.05, 0.1) is 18.1 Å². The molecular weight excluding hydrogens is 250 g/mol. The molecule has 0 fully saturated rings. The summed E-state index contributed by atoms with van der Waals surface area (Å²) in [5, 5.41) is 3.20. The van der Waals surface area contributed by atoms with E-state index < -0.39 is 0 Å². The van der Waals surface area contributed by atoms with E-state index in [1.54, 1.807) is 12.4 Å². The van der Waals surface area contributed by atoms with E-state index in [4.69, 9.17) is 4.74 Å². The fourth-order valence-corrected chi connectivity index (χ4v) is 1.95. The lowest BCUT2D eigenvalue weighted by molar-refractivity contribution is 0.300. The van der Waals surface area contributed by atoms with Crippen molar-refractivity contribution in [2.24, 2.45) is 0 Å². The van der Waals surface area contributed by atoms with Gasteiger partial charge in [-0.05, 0) is 43.5 Å². The van der Waals surface area contributed by atoms with Crippen LogP contribution in [-0.2, 0) is 6.61 Å². The van der Waals surface area contributed by atoms with Crippen molar-refractivity contribution in [2.75, 3.05) is 11.9 Å². The number of aromatic nitrogens is 2. The Morgan fingerprint density at radius 3 is 2.40 bits per heavy atom. The predicted molar refractivity (Wildman–Crippen MR) is 81.1 cm³/mol. The van der Waals surface area contributed by atoms with Crippen LogP contribution in [0.5, 0.6) is 5.75 Å². The number of nitrogens with one attached hydrogen (secondary N) is 1. The Morgan fingerprint density at radius 1 is 1.05 bits per heavy atom. The first kappa shape index (κ1) is 14.3. The van der Waals surface area contributed by atoms with Crippen LogP contribution < -0.4 is 10.1 Å². The van der Waals surface area contributed by atoms with Gasteiger partial charge in [-0.1, -0.05) is 13.0 Å². The van der Waals surface area contributed by atoms with Crippen LogP contribution in [0.15, 0.2) is 30.6 Å². The van der Waals surface area contributed by atoms with Gasteiger partial charge in [-0.15, -0.1) is 0 Å². The number of rotatable bonds is 6. The Morgan fingerprint density at radius 2 is 1.80 bits per heavy atom. The van der Waals surface area contributed by atoms with E-state index in [9.17, 15) is 0 Å². The molecule has 2 aromatic rings. The molecule has 0 aliphatic carbocycles. The summed E-state index contributed by atoms with van der Waals surface area (Å²) in [4.78, 5) is 8.65. The van der Waals surface area contributed by atoms with Crippen LogP contribution in [0, 0.1) is 13.8 Å². The van der Waals surface area contributed by atoms with Crippen molar-refractivity contribution in [2.45, 2.75) is 33.8 Å². The highest BCUT2D eigenvalue weighted by atomic mass is 16.5. The molecule has 1 aromatic heterocycles. The maximum atomic E-state index is 5.75. The highest BCUT2D eigenvalue weighted by Gasteiger charge is 2.00. The average molecular weight is 271 g/mol. The van der Waals surface area contributed by atoms with Crippen LogP contribution in [0.25, 0.3) is 0 Å². The molecule has 0 aliphatic rings. The molecule has 0 spiro atoms. The Kier molecular flexibility index (Phi) is 4.93. The second kappa shape index (κ2) is 6.89. The van der Waals surface area contributed by atoms with E-state index >= 15 is 0 Å². The third-order valence-corrected chi connectivity index (χ3v) is 2.84. The van der Waals surface area contributed by atoms with E-state index in [1.165, 1.54) is 11.1 Å². The summed E-state index contributed by atoms with van der Waals surface area (Å²) >= 11 is 0. The SMILES string of the molecule is CCCNc1cnc(COc2cc(C)cc(C)c2)cn1. The fraction of sp³-hybridized carbons (Fsp3) is 0.375. The molecule has 4 heteroatoms. The molecule has 0 bridgehead atoms. The smallest absolute Gasteiger partial charge is 0.144 e. The van der Waals surface area contributed by atoms with Gasteiger partial charge in [0, 0.05) is 6.54 Å². The largest absolute Gasteiger partial charge is 0.487 e. The van der Waals surface area contributed by atoms with E-state index in [0.717, 1.165) is 30.2 Å². The van der Waals surface area contributed by atoms with Gasteiger partial charge in [0.1, 0.15) is 18.2 Å². The average Bonchev–Trinajstić information content (AvgIpc) is 2.43. The third-order valence-electron chi connectivity index (χ3n) is 2.84. The van der Waals surface area contributed by atoms with Crippen LogP contribution >= 0.6 is 0 Å². The lowest BCUT2D eigenvalue weighted by atomic mass is 10.1. The number of aryl methyl sites for hydroxylation is 2. The molecule has 20 heavy (non-hydrogen) atoms. The summed E-state index contributed by atoms with van der Waals surface area (Å²) in [6, 6.07) is 6.18. The molecular formula is C16H21N3O. The number of ether oxygens (including phenoxy) is 1.